The van der Waals surface area contributed by atoms with Crippen molar-refractivity contribution in [1.29, 1.82) is 0 Å². The normalized spacial score (nSPS) is 16.6. The molecule has 0 fully saturated rings. The molecule has 0 radical (unpaired) electrons. The lowest BCUT2D eigenvalue weighted by Crippen LogP contribution is -2.47. The van der Waals surface area contributed by atoms with Gasteiger partial charge >= 0.3 is 12.0 Å². The summed E-state index contributed by atoms with van der Waals surface area (Å²) < 4.78 is 35.7. The highest BCUT2D eigenvalue weighted by Gasteiger charge is 2.35. The molecule has 0 aliphatic carbocycles. The Labute approximate surface area is 168 Å². The van der Waals surface area contributed by atoms with Gasteiger partial charge in [-0.25, -0.2) is 18.0 Å². The molecule has 1 aliphatic rings. The van der Waals surface area contributed by atoms with Crippen LogP contribution >= 0.6 is 0 Å². The second-order valence-corrected chi connectivity index (χ2v) is 8.25. The lowest BCUT2D eigenvalue weighted by molar-refractivity contribution is -0.136. The van der Waals surface area contributed by atoms with Gasteiger partial charge in [-0.05, 0) is 29.8 Å². The van der Waals surface area contributed by atoms with Gasteiger partial charge in [-0.15, -0.1) is 0 Å². The molecule has 0 aromatic heterocycles. The summed E-state index contributed by atoms with van der Waals surface area (Å²) in [6.45, 7) is 0. The van der Waals surface area contributed by atoms with Crippen molar-refractivity contribution in [3.63, 3.8) is 0 Å². The lowest BCUT2D eigenvalue weighted by atomic mass is 9.96. The van der Waals surface area contributed by atoms with Crippen LogP contribution in [0.3, 0.4) is 0 Å². The summed E-state index contributed by atoms with van der Waals surface area (Å²) in [6, 6.07) is 13.2. The molecular formula is C20H20N2O6S. The molecule has 1 aliphatic heterocycles. The van der Waals surface area contributed by atoms with E-state index in [0.29, 0.717) is 11.3 Å². The van der Waals surface area contributed by atoms with Crippen LogP contribution in [0, 0.1) is 0 Å². The van der Waals surface area contributed by atoms with Gasteiger partial charge in [-0.3, -0.25) is 0 Å². The van der Waals surface area contributed by atoms with E-state index in [1.807, 2.05) is 0 Å². The highest BCUT2D eigenvalue weighted by molar-refractivity contribution is 7.91. The summed E-state index contributed by atoms with van der Waals surface area (Å²) in [5.74, 6) is -0.787. The van der Waals surface area contributed by atoms with E-state index >= 15 is 0 Å². The molecule has 0 bridgehead atoms. The Bertz CT molecular complexity index is 1050. The Morgan fingerprint density at radius 2 is 1.69 bits per heavy atom. The van der Waals surface area contributed by atoms with Crippen molar-refractivity contribution >= 4 is 21.8 Å². The average molecular weight is 416 g/mol. The second kappa shape index (κ2) is 8.36. The number of hydrogen-bond donors (Lipinski definition) is 2. The summed E-state index contributed by atoms with van der Waals surface area (Å²) in [5.41, 5.74) is 0.641. The van der Waals surface area contributed by atoms with Gasteiger partial charge in [0.05, 0.1) is 36.5 Å². The van der Waals surface area contributed by atoms with Crippen LogP contribution in [-0.4, -0.2) is 40.4 Å². The fraction of sp³-hybridized carbons (Fsp3) is 0.200. The lowest BCUT2D eigenvalue weighted by Gasteiger charge is -2.29. The van der Waals surface area contributed by atoms with E-state index in [0.717, 1.165) is 0 Å². The van der Waals surface area contributed by atoms with Gasteiger partial charge in [-0.2, -0.15) is 0 Å². The van der Waals surface area contributed by atoms with Crippen LogP contribution in [0.15, 0.2) is 70.8 Å². The Hall–Kier alpha value is -3.33. The first-order valence-electron chi connectivity index (χ1n) is 8.66. The van der Waals surface area contributed by atoms with Crippen LogP contribution in [0.4, 0.5) is 4.79 Å². The van der Waals surface area contributed by atoms with Gasteiger partial charge in [-0.1, -0.05) is 30.3 Å². The predicted octanol–water partition coefficient (Wildman–Crippen LogP) is 1.95. The Morgan fingerprint density at radius 1 is 1.03 bits per heavy atom. The smallest absolute Gasteiger partial charge is 0.338 e. The number of ether oxygens (including phenoxy) is 2. The molecule has 2 amide bonds. The average Bonchev–Trinajstić information content (AvgIpc) is 2.73. The zero-order valence-corrected chi connectivity index (χ0v) is 16.7. The third kappa shape index (κ3) is 4.40. The maximum atomic E-state index is 12.9. The predicted molar refractivity (Wildman–Crippen MR) is 105 cm³/mol. The first kappa shape index (κ1) is 20.4. The minimum atomic E-state index is -3.85. The van der Waals surface area contributed by atoms with Crippen LogP contribution in [-0.2, 0) is 19.4 Å². The summed E-state index contributed by atoms with van der Waals surface area (Å²) in [7, 11) is -1.18. The topological polar surface area (TPSA) is 111 Å². The second-order valence-electron chi connectivity index (χ2n) is 6.26. The number of methoxy groups -OCH3 is 2. The van der Waals surface area contributed by atoms with Crippen molar-refractivity contribution < 1.29 is 27.5 Å². The van der Waals surface area contributed by atoms with Crippen molar-refractivity contribution in [2.45, 2.75) is 10.9 Å². The van der Waals surface area contributed by atoms with Crippen LogP contribution in [0.2, 0.25) is 0 Å². The fourth-order valence-corrected chi connectivity index (χ4v) is 4.36. The van der Waals surface area contributed by atoms with Gasteiger partial charge in [0, 0.05) is 5.70 Å². The molecule has 2 aromatic rings. The summed E-state index contributed by atoms with van der Waals surface area (Å²) in [5, 5.41) is 5.10. The third-order valence-corrected chi connectivity index (χ3v) is 6.10. The number of benzene rings is 2. The molecular weight excluding hydrogens is 396 g/mol. The zero-order valence-electron chi connectivity index (χ0n) is 15.8. The van der Waals surface area contributed by atoms with E-state index in [1.54, 1.807) is 30.3 Å². The highest BCUT2D eigenvalue weighted by atomic mass is 32.2. The van der Waals surface area contributed by atoms with Crippen molar-refractivity contribution in [2.75, 3.05) is 20.0 Å². The molecule has 0 unspecified atom stereocenters. The number of nitrogens with one attached hydrogen (secondary N) is 2. The van der Waals surface area contributed by atoms with E-state index in [2.05, 4.69) is 10.6 Å². The number of urea groups is 1. The van der Waals surface area contributed by atoms with Gasteiger partial charge in [0.25, 0.3) is 0 Å². The van der Waals surface area contributed by atoms with Crippen molar-refractivity contribution in [3.8, 4) is 5.75 Å². The van der Waals surface area contributed by atoms with Gasteiger partial charge in [0.2, 0.25) is 0 Å². The Balaban J connectivity index is 2.05. The Morgan fingerprint density at radius 3 is 2.28 bits per heavy atom. The van der Waals surface area contributed by atoms with Crippen molar-refractivity contribution in [2.24, 2.45) is 0 Å². The number of esters is 1. The molecule has 8 nitrogen and oxygen atoms in total. The third-order valence-electron chi connectivity index (χ3n) is 4.44. The Kier molecular flexibility index (Phi) is 5.88. The standard InChI is InChI=1S/C20H20N2O6S/c1-27-14-8-10-15(11-9-14)29(25,26)12-16-17(19(23)28-2)18(22-20(24)21-16)13-6-4-3-5-7-13/h3-11,18H,12H2,1-2H3,(H2,21,22,24)/t18-/m0/s1. The molecule has 2 aromatic carbocycles. The highest BCUT2D eigenvalue weighted by Crippen LogP contribution is 2.29. The van der Waals surface area contributed by atoms with E-state index in [1.165, 1.54) is 38.5 Å². The fourth-order valence-electron chi connectivity index (χ4n) is 3.03. The van der Waals surface area contributed by atoms with Crippen LogP contribution < -0.4 is 15.4 Å². The number of sulfone groups is 1. The summed E-state index contributed by atoms with van der Waals surface area (Å²) in [4.78, 5) is 24.7. The van der Waals surface area contributed by atoms with E-state index in [4.69, 9.17) is 9.47 Å². The number of rotatable bonds is 6. The first-order valence-corrected chi connectivity index (χ1v) is 10.3. The number of hydrogen-bond acceptors (Lipinski definition) is 6. The summed E-state index contributed by atoms with van der Waals surface area (Å²) >= 11 is 0. The summed E-state index contributed by atoms with van der Waals surface area (Å²) in [6.07, 6.45) is 0. The van der Waals surface area contributed by atoms with Crippen molar-refractivity contribution in [3.05, 3.63) is 71.4 Å². The molecule has 0 saturated heterocycles. The van der Waals surface area contributed by atoms with E-state index in [-0.39, 0.29) is 16.2 Å². The van der Waals surface area contributed by atoms with Gasteiger partial charge < -0.3 is 20.1 Å². The first-order chi connectivity index (χ1) is 13.9. The minimum absolute atomic E-state index is 0.0229. The number of carbonyl (C=O) groups excluding carboxylic acids is 2. The number of carbonyl (C=O) groups is 2. The maximum absolute atomic E-state index is 12.9. The minimum Gasteiger partial charge on any atom is -0.497 e. The molecule has 1 atom stereocenters. The molecule has 9 heteroatoms. The maximum Gasteiger partial charge on any atom is 0.338 e. The SMILES string of the molecule is COC(=O)C1=C(CS(=O)(=O)c2ccc(OC)cc2)NC(=O)N[C@H]1c1ccccc1. The van der Waals surface area contributed by atoms with Gasteiger partial charge in [0.1, 0.15) is 5.75 Å². The van der Waals surface area contributed by atoms with Crippen LogP contribution in [0.5, 0.6) is 5.75 Å². The number of amides is 2. The largest absolute Gasteiger partial charge is 0.497 e. The van der Waals surface area contributed by atoms with Crippen LogP contribution in [0.25, 0.3) is 0 Å². The molecule has 152 valence electrons. The molecule has 3 rings (SSSR count). The zero-order chi connectivity index (χ0) is 21.0. The monoisotopic (exact) mass is 416 g/mol. The van der Waals surface area contributed by atoms with Gasteiger partial charge in [0.15, 0.2) is 9.84 Å². The molecule has 2 N–H and O–H groups in total. The molecule has 29 heavy (non-hydrogen) atoms. The molecule has 0 spiro atoms. The molecule has 0 saturated carbocycles. The van der Waals surface area contributed by atoms with Crippen LogP contribution in [0.1, 0.15) is 11.6 Å². The van der Waals surface area contributed by atoms with E-state index in [9.17, 15) is 18.0 Å². The molecule has 1 heterocycles. The van der Waals surface area contributed by atoms with E-state index < -0.39 is 33.6 Å². The quantitative estimate of drug-likeness (QED) is 0.697. The van der Waals surface area contributed by atoms with Crippen molar-refractivity contribution in [1.82, 2.24) is 10.6 Å².